The molecule has 0 radical (unpaired) electrons. The minimum absolute atomic E-state index is 0.412. The fraction of sp³-hybridized carbons (Fsp3) is 1.00. The summed E-state index contributed by atoms with van der Waals surface area (Å²) < 4.78 is 3.52. The highest BCUT2D eigenvalue weighted by Crippen LogP contribution is 2.03. The van der Waals surface area contributed by atoms with E-state index in [1.54, 1.807) is 0 Å². The number of unbranched alkanes of at least 4 members (excludes halogenated alkanes) is 3. The molecule has 0 aromatic carbocycles. The minimum atomic E-state index is -0.412. The third kappa shape index (κ3) is 6.51. The molecule has 62 valence electrons. The van der Waals surface area contributed by atoms with Crippen LogP contribution in [0.25, 0.3) is 0 Å². The van der Waals surface area contributed by atoms with Crippen LogP contribution in [0.5, 0.6) is 0 Å². The molecule has 0 fully saturated rings. The first-order valence-electron chi connectivity index (χ1n) is 4.48. The molecule has 0 aliphatic carbocycles. The van der Waals surface area contributed by atoms with Crippen molar-refractivity contribution in [2.45, 2.75) is 45.2 Å². The van der Waals surface area contributed by atoms with Gasteiger partial charge in [-0.25, -0.2) is 0 Å². The first kappa shape index (κ1) is 10.4. The normalized spacial score (nSPS) is 13.8. The van der Waals surface area contributed by atoms with E-state index in [9.17, 15) is 0 Å². The van der Waals surface area contributed by atoms with E-state index < -0.39 is 8.96 Å². The van der Waals surface area contributed by atoms with Crippen LogP contribution in [0.2, 0.25) is 12.6 Å². The molecule has 0 aliphatic heterocycles. The van der Waals surface area contributed by atoms with Crippen molar-refractivity contribution in [2.24, 2.45) is 0 Å². The van der Waals surface area contributed by atoms with Crippen LogP contribution in [0.1, 0.15) is 32.6 Å². The van der Waals surface area contributed by atoms with Crippen LogP contribution in [0.15, 0.2) is 0 Å². The summed E-state index contributed by atoms with van der Waals surface area (Å²) >= 11 is 0. The molecule has 1 N–H and O–H groups in total. The van der Waals surface area contributed by atoms with Gasteiger partial charge in [0.1, 0.15) is 0 Å². The monoisotopic (exact) mass is 175 g/mol. The van der Waals surface area contributed by atoms with E-state index in [1.807, 2.05) is 0 Å². The minimum Gasteiger partial charge on any atom is -0.369 e. The number of hydrogen-bond donors (Lipinski definition) is 1. The van der Waals surface area contributed by atoms with E-state index in [-0.39, 0.29) is 0 Å². The third-order valence-electron chi connectivity index (χ3n) is 1.98. The quantitative estimate of drug-likeness (QED) is 0.465. The summed E-state index contributed by atoms with van der Waals surface area (Å²) in [6.45, 7) is 4.69. The molecule has 0 heterocycles. The van der Waals surface area contributed by atoms with E-state index in [0.717, 1.165) is 0 Å². The largest absolute Gasteiger partial charge is 0.369 e. The van der Waals surface area contributed by atoms with Gasteiger partial charge in [0.05, 0.1) is 19.4 Å². The highest BCUT2D eigenvalue weighted by Gasteiger charge is 1.97. The summed E-state index contributed by atoms with van der Waals surface area (Å²) in [7, 11) is 0.792. The maximum Gasteiger partial charge on any atom is 0.0981 e. The van der Waals surface area contributed by atoms with Crippen molar-refractivity contribution in [1.29, 1.82) is 0 Å². The zero-order valence-corrected chi connectivity index (χ0v) is 10.8. The van der Waals surface area contributed by atoms with Crippen molar-refractivity contribution in [3.8, 4) is 0 Å². The molecule has 1 nitrogen and oxygen atoms in total. The van der Waals surface area contributed by atoms with Gasteiger partial charge >= 0.3 is 0 Å². The van der Waals surface area contributed by atoms with Gasteiger partial charge in [-0.05, 0) is 6.04 Å². The van der Waals surface area contributed by atoms with E-state index in [2.05, 4.69) is 18.1 Å². The standard InChI is InChI=1S/C7H21NSi2/c1-3-4-5-6-7-10(2)8-9/h8,10H,3-7H2,1-2,9H3. The Morgan fingerprint density at radius 3 is 2.50 bits per heavy atom. The van der Waals surface area contributed by atoms with Gasteiger partial charge in [-0.3, -0.25) is 0 Å². The van der Waals surface area contributed by atoms with Crippen LogP contribution in [-0.2, 0) is 0 Å². The summed E-state index contributed by atoms with van der Waals surface area (Å²) in [5.74, 6) is 0. The molecule has 0 aromatic heterocycles. The van der Waals surface area contributed by atoms with E-state index >= 15 is 0 Å². The lowest BCUT2D eigenvalue weighted by atomic mass is 10.2. The summed E-state index contributed by atoms with van der Waals surface area (Å²) in [5.41, 5.74) is 0. The molecule has 0 rings (SSSR count). The topological polar surface area (TPSA) is 12.0 Å². The molecule has 1 atom stereocenters. The van der Waals surface area contributed by atoms with E-state index in [1.165, 1.54) is 42.1 Å². The molecule has 0 amide bonds. The van der Waals surface area contributed by atoms with Gasteiger partial charge < -0.3 is 4.65 Å². The molecule has 1 unspecified atom stereocenters. The van der Waals surface area contributed by atoms with Crippen LogP contribution in [0.3, 0.4) is 0 Å². The fourth-order valence-corrected chi connectivity index (χ4v) is 3.08. The Hall–Kier alpha value is 0.394. The van der Waals surface area contributed by atoms with Crippen LogP contribution in [-0.4, -0.2) is 19.4 Å². The molecule has 0 aliphatic rings. The summed E-state index contributed by atoms with van der Waals surface area (Å²) in [5, 5.41) is 0. The molecule has 0 saturated heterocycles. The summed E-state index contributed by atoms with van der Waals surface area (Å²) in [6.07, 6.45) is 5.72. The second kappa shape index (κ2) is 7.50. The highest BCUT2D eigenvalue weighted by atomic mass is 28.3. The summed E-state index contributed by atoms with van der Waals surface area (Å²) in [4.78, 5) is 0. The maximum absolute atomic E-state index is 3.52. The van der Waals surface area contributed by atoms with E-state index in [4.69, 9.17) is 0 Å². The zero-order chi connectivity index (χ0) is 7.82. The fourth-order valence-electron chi connectivity index (χ4n) is 1.02. The summed E-state index contributed by atoms with van der Waals surface area (Å²) in [6, 6.07) is 1.50. The zero-order valence-electron chi connectivity index (χ0n) is 7.61. The molecule has 10 heavy (non-hydrogen) atoms. The number of hydrogen-bond acceptors (Lipinski definition) is 1. The van der Waals surface area contributed by atoms with Gasteiger partial charge in [-0.1, -0.05) is 39.2 Å². The number of nitrogens with one attached hydrogen (secondary N) is 1. The van der Waals surface area contributed by atoms with Crippen LogP contribution < -0.4 is 4.65 Å². The van der Waals surface area contributed by atoms with Gasteiger partial charge in [-0.2, -0.15) is 0 Å². The van der Waals surface area contributed by atoms with Crippen molar-refractivity contribution < 1.29 is 0 Å². The Bertz CT molecular complexity index is 68.6. The Labute approximate surface area is 69.8 Å². The average Bonchev–Trinajstić information content (AvgIpc) is 1.98. The second-order valence-electron chi connectivity index (χ2n) is 3.04. The van der Waals surface area contributed by atoms with Gasteiger partial charge in [0.15, 0.2) is 0 Å². The van der Waals surface area contributed by atoms with E-state index in [0.29, 0.717) is 0 Å². The maximum atomic E-state index is 3.52. The van der Waals surface area contributed by atoms with Gasteiger partial charge in [0, 0.05) is 0 Å². The van der Waals surface area contributed by atoms with Crippen molar-refractivity contribution in [2.75, 3.05) is 0 Å². The Balaban J connectivity index is 2.89. The smallest absolute Gasteiger partial charge is 0.0981 e. The van der Waals surface area contributed by atoms with Crippen molar-refractivity contribution in [3.63, 3.8) is 0 Å². The predicted molar refractivity (Wildman–Crippen MR) is 55.0 cm³/mol. The van der Waals surface area contributed by atoms with Gasteiger partial charge in [0.25, 0.3) is 0 Å². The van der Waals surface area contributed by atoms with Crippen molar-refractivity contribution in [1.82, 2.24) is 4.65 Å². The Morgan fingerprint density at radius 2 is 2.00 bits per heavy atom. The Kier molecular flexibility index (Phi) is 7.80. The van der Waals surface area contributed by atoms with Gasteiger partial charge in [-0.15, -0.1) is 0 Å². The first-order chi connectivity index (χ1) is 4.81. The molecule has 0 saturated carbocycles. The first-order valence-corrected chi connectivity index (χ1v) is 8.03. The Morgan fingerprint density at radius 1 is 1.30 bits per heavy atom. The van der Waals surface area contributed by atoms with Crippen molar-refractivity contribution >= 4 is 19.4 Å². The SMILES string of the molecule is CCCCCC[SiH](C)N[SiH3]. The van der Waals surface area contributed by atoms with Crippen LogP contribution >= 0.6 is 0 Å². The molecule has 0 bridgehead atoms. The third-order valence-corrected chi connectivity index (χ3v) is 7.20. The number of rotatable bonds is 6. The molecular formula is C7H21NSi2. The van der Waals surface area contributed by atoms with Crippen LogP contribution in [0, 0.1) is 0 Å². The average molecular weight is 175 g/mol. The van der Waals surface area contributed by atoms with Crippen LogP contribution in [0.4, 0.5) is 0 Å². The molecule has 0 spiro atoms. The lowest BCUT2D eigenvalue weighted by Gasteiger charge is -2.06. The lowest BCUT2D eigenvalue weighted by Crippen LogP contribution is -2.27. The predicted octanol–water partition coefficient (Wildman–Crippen LogP) is 0.790. The highest BCUT2D eigenvalue weighted by molar-refractivity contribution is 6.60. The van der Waals surface area contributed by atoms with Crippen molar-refractivity contribution in [3.05, 3.63) is 0 Å². The molecular weight excluding hydrogens is 154 g/mol. The second-order valence-corrected chi connectivity index (χ2v) is 7.73. The molecule has 3 heteroatoms. The lowest BCUT2D eigenvalue weighted by molar-refractivity contribution is 0.698. The van der Waals surface area contributed by atoms with Gasteiger partial charge in [0.2, 0.25) is 0 Å². The molecule has 0 aromatic rings.